The highest BCUT2D eigenvalue weighted by Gasteiger charge is 2.27. The largest absolute Gasteiger partial charge is 0.497 e. The van der Waals surface area contributed by atoms with Crippen LogP contribution in [0.5, 0.6) is 5.75 Å². The van der Waals surface area contributed by atoms with Gasteiger partial charge in [-0.15, -0.1) is 0 Å². The summed E-state index contributed by atoms with van der Waals surface area (Å²) in [5.41, 5.74) is 0.811. The van der Waals surface area contributed by atoms with E-state index in [-0.39, 0.29) is 23.3 Å². The summed E-state index contributed by atoms with van der Waals surface area (Å²) in [5, 5.41) is 0.478. The number of carbonyl (C=O) groups excluding carboxylic acids is 1. The molecule has 1 aromatic heterocycles. The van der Waals surface area contributed by atoms with E-state index in [4.69, 9.17) is 9.47 Å². The molecule has 1 aliphatic heterocycles. The zero-order valence-corrected chi connectivity index (χ0v) is 15.7. The fraction of sp³-hybridized carbons (Fsp3) is 0.300. The van der Waals surface area contributed by atoms with Crippen molar-refractivity contribution in [2.45, 2.75) is 18.9 Å². The number of hydrogen-bond donors (Lipinski definition) is 0. The Balaban J connectivity index is 1.70. The molecule has 140 valence electrons. The smallest absolute Gasteiger partial charge is 0.260 e. The topological polar surface area (TPSA) is 51.7 Å². The number of rotatable bonds is 5. The summed E-state index contributed by atoms with van der Waals surface area (Å²) < 4.78 is 25.7. The van der Waals surface area contributed by atoms with Crippen LogP contribution in [-0.2, 0) is 4.74 Å². The van der Waals surface area contributed by atoms with Crippen molar-refractivity contribution in [1.29, 1.82) is 0 Å². The number of methoxy groups -OCH3 is 1. The fourth-order valence-electron chi connectivity index (χ4n) is 3.15. The van der Waals surface area contributed by atoms with Gasteiger partial charge in [0.2, 0.25) is 0 Å². The third-order valence-electron chi connectivity index (χ3n) is 4.58. The number of ether oxygens (including phenoxy) is 2. The zero-order valence-electron chi connectivity index (χ0n) is 14.9. The van der Waals surface area contributed by atoms with Gasteiger partial charge in [0, 0.05) is 12.2 Å². The van der Waals surface area contributed by atoms with Crippen LogP contribution in [0.3, 0.4) is 0 Å². The van der Waals surface area contributed by atoms with E-state index < -0.39 is 0 Å². The van der Waals surface area contributed by atoms with Gasteiger partial charge in [-0.2, -0.15) is 0 Å². The van der Waals surface area contributed by atoms with Crippen LogP contribution in [0.2, 0.25) is 0 Å². The molecule has 0 saturated carbocycles. The molecule has 5 nitrogen and oxygen atoms in total. The van der Waals surface area contributed by atoms with Crippen molar-refractivity contribution in [3.8, 4) is 5.75 Å². The Kier molecular flexibility index (Phi) is 5.05. The number of amides is 1. The maximum Gasteiger partial charge on any atom is 0.260 e. The number of nitrogens with zero attached hydrogens (tertiary/aromatic N) is 2. The van der Waals surface area contributed by atoms with Crippen LogP contribution < -0.4 is 9.64 Å². The molecule has 2 heterocycles. The molecule has 1 saturated heterocycles. The first-order valence-electron chi connectivity index (χ1n) is 8.78. The molecule has 1 amide bonds. The first kappa shape index (κ1) is 17.9. The van der Waals surface area contributed by atoms with Gasteiger partial charge >= 0.3 is 0 Å². The number of benzene rings is 2. The minimum Gasteiger partial charge on any atom is -0.497 e. The Hall–Kier alpha value is -2.51. The van der Waals surface area contributed by atoms with Crippen LogP contribution in [0.25, 0.3) is 10.2 Å². The van der Waals surface area contributed by atoms with Crippen molar-refractivity contribution in [3.05, 3.63) is 53.8 Å². The van der Waals surface area contributed by atoms with Crippen LogP contribution in [0, 0.1) is 5.82 Å². The second kappa shape index (κ2) is 7.62. The highest BCUT2D eigenvalue weighted by Crippen LogP contribution is 2.32. The number of halogens is 1. The molecule has 3 aromatic rings. The summed E-state index contributed by atoms with van der Waals surface area (Å²) in [5.74, 6) is 0.107. The summed E-state index contributed by atoms with van der Waals surface area (Å²) in [7, 11) is 1.58. The minimum atomic E-state index is -0.385. The Bertz CT molecular complexity index is 952. The molecule has 1 fully saturated rings. The number of fused-ring (bicyclic) bond motifs is 1. The van der Waals surface area contributed by atoms with E-state index in [0.717, 1.165) is 12.8 Å². The minimum absolute atomic E-state index is 0.0379. The van der Waals surface area contributed by atoms with Gasteiger partial charge in [-0.05, 0) is 49.2 Å². The summed E-state index contributed by atoms with van der Waals surface area (Å²) in [4.78, 5) is 19.2. The second-order valence-electron chi connectivity index (χ2n) is 6.36. The molecule has 0 bridgehead atoms. The Morgan fingerprint density at radius 3 is 2.81 bits per heavy atom. The van der Waals surface area contributed by atoms with Crippen molar-refractivity contribution in [1.82, 2.24) is 4.98 Å². The van der Waals surface area contributed by atoms with Crippen LogP contribution in [0.4, 0.5) is 9.52 Å². The molecular weight excluding hydrogens is 367 g/mol. The predicted octanol–water partition coefficient (Wildman–Crippen LogP) is 4.27. The van der Waals surface area contributed by atoms with Gasteiger partial charge in [-0.1, -0.05) is 17.4 Å². The Morgan fingerprint density at radius 1 is 1.33 bits per heavy atom. The lowest BCUT2D eigenvalue weighted by Crippen LogP contribution is -2.37. The number of carbonyl (C=O) groups is 1. The highest BCUT2D eigenvalue weighted by atomic mass is 32.1. The Morgan fingerprint density at radius 2 is 2.15 bits per heavy atom. The van der Waals surface area contributed by atoms with Gasteiger partial charge in [0.15, 0.2) is 5.13 Å². The van der Waals surface area contributed by atoms with Crippen LogP contribution in [0.15, 0.2) is 42.5 Å². The lowest BCUT2D eigenvalue weighted by Gasteiger charge is -2.23. The number of thiazole rings is 1. The molecule has 1 unspecified atom stereocenters. The summed E-state index contributed by atoms with van der Waals surface area (Å²) in [6.45, 7) is 1.09. The summed E-state index contributed by atoms with van der Waals surface area (Å²) in [6, 6.07) is 11.8. The quantitative estimate of drug-likeness (QED) is 0.657. The van der Waals surface area contributed by atoms with E-state index in [2.05, 4.69) is 4.98 Å². The standard InChI is InChI=1S/C20H19FN2O3S/c1-25-14-9-7-13(8-10-14)19(24)23(12-15-4-3-11-26-15)20-22-18-16(21)5-2-6-17(18)27-20/h2,5-10,15H,3-4,11-12H2,1H3. The van der Waals surface area contributed by atoms with Crippen LogP contribution in [0.1, 0.15) is 23.2 Å². The summed E-state index contributed by atoms with van der Waals surface area (Å²) >= 11 is 1.31. The fourth-order valence-corrected chi connectivity index (χ4v) is 4.14. The van der Waals surface area contributed by atoms with E-state index >= 15 is 0 Å². The molecule has 1 aliphatic rings. The van der Waals surface area contributed by atoms with E-state index in [1.807, 2.05) is 6.07 Å². The SMILES string of the molecule is COc1ccc(C(=O)N(CC2CCCO2)c2nc3c(F)cccc3s2)cc1. The van der Waals surface area contributed by atoms with Crippen molar-refractivity contribution in [2.24, 2.45) is 0 Å². The molecule has 4 rings (SSSR count). The molecule has 2 aromatic carbocycles. The molecule has 0 aliphatic carbocycles. The average Bonchev–Trinajstić information content (AvgIpc) is 3.36. The number of anilines is 1. The van der Waals surface area contributed by atoms with E-state index in [1.54, 1.807) is 42.3 Å². The maximum atomic E-state index is 14.1. The lowest BCUT2D eigenvalue weighted by atomic mass is 10.1. The average molecular weight is 386 g/mol. The third-order valence-corrected chi connectivity index (χ3v) is 5.63. The molecule has 1 atom stereocenters. The highest BCUT2D eigenvalue weighted by molar-refractivity contribution is 7.22. The van der Waals surface area contributed by atoms with E-state index in [9.17, 15) is 9.18 Å². The second-order valence-corrected chi connectivity index (χ2v) is 7.37. The first-order valence-corrected chi connectivity index (χ1v) is 9.60. The summed E-state index contributed by atoms with van der Waals surface area (Å²) in [6.07, 6.45) is 1.83. The third kappa shape index (κ3) is 3.65. The normalized spacial score (nSPS) is 16.6. The van der Waals surface area contributed by atoms with Crippen molar-refractivity contribution in [3.63, 3.8) is 0 Å². The van der Waals surface area contributed by atoms with Gasteiger partial charge in [-0.25, -0.2) is 9.37 Å². The number of hydrogen-bond acceptors (Lipinski definition) is 5. The molecule has 7 heteroatoms. The first-order chi connectivity index (χ1) is 13.2. The predicted molar refractivity (Wildman–Crippen MR) is 103 cm³/mol. The van der Waals surface area contributed by atoms with E-state index in [1.165, 1.54) is 17.4 Å². The molecule has 0 spiro atoms. The number of aromatic nitrogens is 1. The zero-order chi connectivity index (χ0) is 18.8. The van der Waals surface area contributed by atoms with Gasteiger partial charge in [0.1, 0.15) is 17.1 Å². The van der Waals surface area contributed by atoms with Crippen molar-refractivity contribution >= 4 is 32.6 Å². The molecule has 27 heavy (non-hydrogen) atoms. The molecular formula is C20H19FN2O3S. The van der Waals surface area contributed by atoms with Gasteiger partial charge in [0.25, 0.3) is 5.91 Å². The maximum absolute atomic E-state index is 14.1. The van der Waals surface area contributed by atoms with Crippen molar-refractivity contribution < 1.29 is 18.7 Å². The molecule has 0 N–H and O–H groups in total. The monoisotopic (exact) mass is 386 g/mol. The van der Waals surface area contributed by atoms with Crippen LogP contribution in [-0.4, -0.2) is 37.3 Å². The van der Waals surface area contributed by atoms with Crippen molar-refractivity contribution in [2.75, 3.05) is 25.2 Å². The van der Waals surface area contributed by atoms with Crippen LogP contribution >= 0.6 is 11.3 Å². The van der Waals surface area contributed by atoms with Gasteiger partial charge in [-0.3, -0.25) is 9.69 Å². The molecule has 0 radical (unpaired) electrons. The lowest BCUT2D eigenvalue weighted by molar-refractivity contribution is 0.0917. The van der Waals surface area contributed by atoms with E-state index in [0.29, 0.717) is 34.3 Å². The Labute approximate surface area is 160 Å². The number of para-hydroxylation sites is 1. The van der Waals surface area contributed by atoms with Gasteiger partial charge in [0.05, 0.1) is 24.5 Å². The van der Waals surface area contributed by atoms with Gasteiger partial charge < -0.3 is 9.47 Å².